The molecular formula is C21H34N3O2+. The van der Waals surface area contributed by atoms with Gasteiger partial charge in [-0.15, -0.1) is 0 Å². The number of nitrogens with one attached hydrogen (secondary N) is 2. The fraction of sp³-hybridized carbons (Fsp3) is 0.619. The third-order valence-corrected chi connectivity index (χ3v) is 5.10. The minimum absolute atomic E-state index is 0.0967. The van der Waals surface area contributed by atoms with E-state index in [0.29, 0.717) is 12.5 Å². The zero-order chi connectivity index (χ0) is 19.1. The first-order chi connectivity index (χ1) is 12.3. The van der Waals surface area contributed by atoms with Crippen LogP contribution in [0.5, 0.6) is 0 Å². The molecule has 0 radical (unpaired) electrons. The van der Waals surface area contributed by atoms with Gasteiger partial charge in [-0.05, 0) is 56.9 Å². The van der Waals surface area contributed by atoms with E-state index in [9.17, 15) is 9.59 Å². The van der Waals surface area contributed by atoms with Crippen LogP contribution >= 0.6 is 0 Å². The number of Topliss-reactive ketones (excluding diaryl/α,β-unsaturated/α-hetero) is 1. The van der Waals surface area contributed by atoms with Gasteiger partial charge in [0, 0.05) is 17.3 Å². The Morgan fingerprint density at radius 2 is 1.69 bits per heavy atom. The number of carbonyl (C=O) groups excluding carboxylic acids is 2. The van der Waals surface area contributed by atoms with E-state index in [-0.39, 0.29) is 17.7 Å². The highest BCUT2D eigenvalue weighted by Gasteiger charge is 2.23. The molecule has 0 aromatic heterocycles. The molecule has 1 aromatic carbocycles. The van der Waals surface area contributed by atoms with Gasteiger partial charge in [-0.1, -0.05) is 13.8 Å². The van der Waals surface area contributed by atoms with Crippen molar-refractivity contribution in [2.24, 2.45) is 5.92 Å². The van der Waals surface area contributed by atoms with E-state index in [1.165, 1.54) is 4.90 Å². The first-order valence-corrected chi connectivity index (χ1v) is 9.84. The van der Waals surface area contributed by atoms with E-state index in [4.69, 9.17) is 0 Å². The summed E-state index contributed by atoms with van der Waals surface area (Å²) in [5.41, 5.74) is 1.90. The van der Waals surface area contributed by atoms with Crippen LogP contribution in [0.1, 0.15) is 50.9 Å². The number of amides is 1. The van der Waals surface area contributed by atoms with Crippen LogP contribution in [0.2, 0.25) is 0 Å². The summed E-state index contributed by atoms with van der Waals surface area (Å²) < 4.78 is 0. The number of nitrogens with zero attached hydrogens (tertiary/aromatic N) is 1. The van der Waals surface area contributed by atoms with Gasteiger partial charge in [0.25, 0.3) is 5.91 Å². The third-order valence-electron chi connectivity index (χ3n) is 5.10. The van der Waals surface area contributed by atoms with Crippen LogP contribution in [0.4, 0.5) is 5.69 Å². The monoisotopic (exact) mass is 360 g/mol. The number of hydrogen-bond donors (Lipinski definition) is 2. The van der Waals surface area contributed by atoms with Crippen LogP contribution < -0.4 is 15.1 Å². The van der Waals surface area contributed by atoms with Crippen molar-refractivity contribution < 1.29 is 14.5 Å². The lowest BCUT2D eigenvalue weighted by molar-refractivity contribution is -0.892. The number of hydrogen-bond acceptors (Lipinski definition) is 3. The van der Waals surface area contributed by atoms with Gasteiger partial charge < -0.3 is 15.1 Å². The average molecular weight is 361 g/mol. The first kappa shape index (κ1) is 20.4. The fourth-order valence-corrected chi connectivity index (χ4v) is 3.37. The Labute approximate surface area is 157 Å². The molecule has 1 amide bonds. The van der Waals surface area contributed by atoms with Crippen LogP contribution in [-0.4, -0.2) is 50.5 Å². The molecule has 1 aliphatic rings. The second kappa shape index (κ2) is 9.72. The SMILES string of the molecule is CC(=O)c1ccc(N2CC[NH+](CC(=O)N[C@@H](C)CCC(C)C)CC2)cc1. The van der Waals surface area contributed by atoms with E-state index >= 15 is 0 Å². The lowest BCUT2D eigenvalue weighted by atomic mass is 10.0. The molecule has 0 unspecified atom stereocenters. The standard InChI is InChI=1S/C21H33N3O2/c1-16(2)5-6-17(3)22-21(26)15-23-11-13-24(14-12-23)20-9-7-19(8-10-20)18(4)25/h7-10,16-17H,5-6,11-15H2,1-4H3,(H,22,26)/p+1/t17-/m0/s1. The molecule has 0 saturated carbocycles. The second-order valence-corrected chi connectivity index (χ2v) is 7.96. The highest BCUT2D eigenvalue weighted by atomic mass is 16.2. The fourth-order valence-electron chi connectivity index (χ4n) is 3.37. The maximum Gasteiger partial charge on any atom is 0.275 e. The lowest BCUT2D eigenvalue weighted by Gasteiger charge is -2.33. The Balaban J connectivity index is 1.74. The van der Waals surface area contributed by atoms with Gasteiger partial charge in [-0.25, -0.2) is 0 Å². The molecule has 1 aliphatic heterocycles. The van der Waals surface area contributed by atoms with E-state index < -0.39 is 0 Å². The lowest BCUT2D eigenvalue weighted by Crippen LogP contribution is -3.16. The molecule has 26 heavy (non-hydrogen) atoms. The number of rotatable bonds is 8. The molecule has 0 bridgehead atoms. The zero-order valence-electron chi connectivity index (χ0n) is 16.7. The maximum atomic E-state index is 12.2. The third kappa shape index (κ3) is 6.45. The molecule has 1 aromatic rings. The summed E-state index contributed by atoms with van der Waals surface area (Å²) in [7, 11) is 0. The van der Waals surface area contributed by atoms with Crippen LogP contribution in [0.25, 0.3) is 0 Å². The summed E-state index contributed by atoms with van der Waals surface area (Å²) in [5.74, 6) is 0.938. The number of carbonyl (C=O) groups is 2. The molecule has 5 nitrogen and oxygen atoms in total. The van der Waals surface area contributed by atoms with Gasteiger partial charge in [0.05, 0.1) is 26.2 Å². The number of piperazine rings is 1. The van der Waals surface area contributed by atoms with Gasteiger partial charge in [0.1, 0.15) is 0 Å². The quantitative estimate of drug-likeness (QED) is 0.692. The van der Waals surface area contributed by atoms with Crippen molar-refractivity contribution in [2.45, 2.75) is 46.6 Å². The molecule has 0 aliphatic carbocycles. The first-order valence-electron chi connectivity index (χ1n) is 9.84. The molecule has 0 spiro atoms. The minimum atomic E-state index is 0.0967. The summed E-state index contributed by atoms with van der Waals surface area (Å²) in [4.78, 5) is 27.3. The molecule has 144 valence electrons. The van der Waals surface area contributed by atoms with Gasteiger partial charge in [-0.2, -0.15) is 0 Å². The van der Waals surface area contributed by atoms with Gasteiger partial charge in [0.2, 0.25) is 0 Å². The molecule has 1 heterocycles. The minimum Gasteiger partial charge on any atom is -0.360 e. The van der Waals surface area contributed by atoms with Crippen LogP contribution in [0.3, 0.4) is 0 Å². The summed E-state index contributed by atoms with van der Waals surface area (Å²) in [6.45, 7) is 12.5. The Morgan fingerprint density at radius 3 is 2.23 bits per heavy atom. The van der Waals surface area contributed by atoms with Gasteiger partial charge in [0.15, 0.2) is 12.3 Å². The summed E-state index contributed by atoms with van der Waals surface area (Å²) in [6, 6.07) is 8.08. The number of anilines is 1. The Bertz CT molecular complexity index is 590. The summed E-state index contributed by atoms with van der Waals surface area (Å²) in [5, 5.41) is 3.14. The summed E-state index contributed by atoms with van der Waals surface area (Å²) >= 11 is 0. The molecule has 1 fully saturated rings. The smallest absolute Gasteiger partial charge is 0.275 e. The second-order valence-electron chi connectivity index (χ2n) is 7.96. The van der Waals surface area contributed by atoms with Crippen molar-refractivity contribution >= 4 is 17.4 Å². The Morgan fingerprint density at radius 1 is 1.08 bits per heavy atom. The van der Waals surface area contributed by atoms with Crippen LogP contribution in [0, 0.1) is 5.92 Å². The zero-order valence-corrected chi connectivity index (χ0v) is 16.7. The van der Waals surface area contributed by atoms with Crippen LogP contribution in [0.15, 0.2) is 24.3 Å². The number of quaternary nitrogens is 1. The van der Waals surface area contributed by atoms with Gasteiger partial charge >= 0.3 is 0 Å². The average Bonchev–Trinajstić information content (AvgIpc) is 2.60. The largest absolute Gasteiger partial charge is 0.360 e. The number of ketones is 1. The Kier molecular flexibility index (Phi) is 7.64. The predicted octanol–water partition coefficient (Wildman–Crippen LogP) is 1.54. The molecule has 1 atom stereocenters. The van der Waals surface area contributed by atoms with E-state index in [1.54, 1.807) is 6.92 Å². The summed E-state index contributed by atoms with van der Waals surface area (Å²) in [6.07, 6.45) is 2.19. The van der Waals surface area contributed by atoms with E-state index in [2.05, 4.69) is 31.0 Å². The topological polar surface area (TPSA) is 53.9 Å². The van der Waals surface area contributed by atoms with Crippen LogP contribution in [-0.2, 0) is 4.79 Å². The van der Waals surface area contributed by atoms with Crippen molar-refractivity contribution in [3.63, 3.8) is 0 Å². The molecular weight excluding hydrogens is 326 g/mol. The highest BCUT2D eigenvalue weighted by Crippen LogP contribution is 2.15. The highest BCUT2D eigenvalue weighted by molar-refractivity contribution is 5.94. The molecule has 2 N–H and O–H groups in total. The maximum absolute atomic E-state index is 12.2. The van der Waals surface area contributed by atoms with E-state index in [1.807, 2.05) is 24.3 Å². The van der Waals surface area contributed by atoms with Crippen molar-refractivity contribution in [3.05, 3.63) is 29.8 Å². The van der Waals surface area contributed by atoms with Crippen molar-refractivity contribution in [3.8, 4) is 0 Å². The van der Waals surface area contributed by atoms with E-state index in [0.717, 1.165) is 50.3 Å². The Hall–Kier alpha value is -1.88. The number of benzene rings is 1. The predicted molar refractivity (Wildman–Crippen MR) is 106 cm³/mol. The molecule has 2 rings (SSSR count). The van der Waals surface area contributed by atoms with Crippen molar-refractivity contribution in [1.29, 1.82) is 0 Å². The van der Waals surface area contributed by atoms with Crippen molar-refractivity contribution in [1.82, 2.24) is 5.32 Å². The molecule has 1 saturated heterocycles. The van der Waals surface area contributed by atoms with Gasteiger partial charge in [-0.3, -0.25) is 9.59 Å². The molecule has 5 heteroatoms. The van der Waals surface area contributed by atoms with Crippen molar-refractivity contribution in [2.75, 3.05) is 37.6 Å². The normalized spacial score (nSPS) is 16.6.